The Morgan fingerprint density at radius 3 is 2.48 bits per heavy atom. The molecular weight excluding hydrogens is 342 g/mol. The molecule has 6 nitrogen and oxygen atoms in total. The summed E-state index contributed by atoms with van der Waals surface area (Å²) in [5, 5.41) is 5.91. The molecule has 0 saturated carbocycles. The average molecular weight is 367 g/mol. The predicted molar refractivity (Wildman–Crippen MR) is 106 cm³/mol. The third kappa shape index (κ3) is 5.23. The van der Waals surface area contributed by atoms with Gasteiger partial charge in [0, 0.05) is 30.0 Å². The lowest BCUT2D eigenvalue weighted by atomic mass is 10.1. The SMILES string of the molecule is CCOc1ccc(NCC(=O)Nc2cccc(C(=O)N3CCCC3)c2)cc1. The fraction of sp³-hybridized carbons (Fsp3) is 0.333. The molecule has 27 heavy (non-hydrogen) atoms. The van der Waals surface area contributed by atoms with Crippen LogP contribution < -0.4 is 15.4 Å². The van der Waals surface area contributed by atoms with Gasteiger partial charge in [-0.15, -0.1) is 0 Å². The summed E-state index contributed by atoms with van der Waals surface area (Å²) in [4.78, 5) is 26.5. The van der Waals surface area contributed by atoms with Gasteiger partial charge in [0.15, 0.2) is 0 Å². The molecule has 2 aromatic rings. The monoisotopic (exact) mass is 367 g/mol. The van der Waals surface area contributed by atoms with Crippen LogP contribution in [0.4, 0.5) is 11.4 Å². The summed E-state index contributed by atoms with van der Waals surface area (Å²) in [7, 11) is 0. The van der Waals surface area contributed by atoms with Crippen molar-refractivity contribution in [2.75, 3.05) is 36.9 Å². The van der Waals surface area contributed by atoms with Crippen LogP contribution in [0.3, 0.4) is 0 Å². The number of rotatable bonds is 7. The van der Waals surface area contributed by atoms with Gasteiger partial charge in [-0.25, -0.2) is 0 Å². The Labute approximate surface area is 159 Å². The van der Waals surface area contributed by atoms with E-state index >= 15 is 0 Å². The Morgan fingerprint density at radius 2 is 1.78 bits per heavy atom. The summed E-state index contributed by atoms with van der Waals surface area (Å²) in [6, 6.07) is 14.5. The number of ether oxygens (including phenoxy) is 1. The van der Waals surface area contributed by atoms with E-state index in [4.69, 9.17) is 4.74 Å². The predicted octanol–water partition coefficient (Wildman–Crippen LogP) is 3.37. The first-order valence-corrected chi connectivity index (χ1v) is 9.31. The zero-order valence-electron chi connectivity index (χ0n) is 15.5. The second kappa shape index (κ2) is 9.07. The van der Waals surface area contributed by atoms with E-state index < -0.39 is 0 Å². The highest BCUT2D eigenvalue weighted by atomic mass is 16.5. The molecule has 3 rings (SSSR count). The van der Waals surface area contributed by atoms with Crippen molar-refractivity contribution in [1.29, 1.82) is 0 Å². The summed E-state index contributed by atoms with van der Waals surface area (Å²) in [6.07, 6.45) is 2.11. The molecule has 0 atom stereocenters. The zero-order chi connectivity index (χ0) is 19.1. The van der Waals surface area contributed by atoms with Crippen LogP contribution in [0.1, 0.15) is 30.1 Å². The fourth-order valence-electron chi connectivity index (χ4n) is 3.06. The second-order valence-corrected chi connectivity index (χ2v) is 6.44. The molecule has 1 heterocycles. The molecule has 2 aromatic carbocycles. The fourth-order valence-corrected chi connectivity index (χ4v) is 3.06. The van der Waals surface area contributed by atoms with Gasteiger partial charge in [0.1, 0.15) is 5.75 Å². The molecule has 1 aliphatic rings. The first-order valence-electron chi connectivity index (χ1n) is 9.31. The summed E-state index contributed by atoms with van der Waals surface area (Å²) < 4.78 is 5.39. The van der Waals surface area contributed by atoms with E-state index in [2.05, 4.69) is 10.6 Å². The number of nitrogens with one attached hydrogen (secondary N) is 2. The van der Waals surface area contributed by atoms with Gasteiger partial charge in [0.2, 0.25) is 5.91 Å². The summed E-state index contributed by atoms with van der Waals surface area (Å²) >= 11 is 0. The Morgan fingerprint density at radius 1 is 1.04 bits per heavy atom. The first-order chi connectivity index (χ1) is 13.2. The highest BCUT2D eigenvalue weighted by Crippen LogP contribution is 2.17. The second-order valence-electron chi connectivity index (χ2n) is 6.44. The van der Waals surface area contributed by atoms with Crippen molar-refractivity contribution in [2.24, 2.45) is 0 Å². The zero-order valence-corrected chi connectivity index (χ0v) is 15.5. The van der Waals surface area contributed by atoms with Crippen LogP contribution in [0.15, 0.2) is 48.5 Å². The molecule has 0 unspecified atom stereocenters. The van der Waals surface area contributed by atoms with Gasteiger partial charge in [-0.1, -0.05) is 6.07 Å². The number of amides is 2. The Kier molecular flexibility index (Phi) is 6.30. The molecule has 1 saturated heterocycles. The largest absolute Gasteiger partial charge is 0.494 e. The number of hydrogen-bond donors (Lipinski definition) is 2. The van der Waals surface area contributed by atoms with Crippen LogP contribution in [-0.2, 0) is 4.79 Å². The lowest BCUT2D eigenvalue weighted by Crippen LogP contribution is -2.27. The molecule has 0 radical (unpaired) electrons. The van der Waals surface area contributed by atoms with Crippen molar-refractivity contribution in [3.63, 3.8) is 0 Å². The minimum Gasteiger partial charge on any atom is -0.494 e. The number of carbonyl (C=O) groups excluding carboxylic acids is 2. The number of likely N-dealkylation sites (tertiary alicyclic amines) is 1. The minimum atomic E-state index is -0.172. The van der Waals surface area contributed by atoms with Crippen molar-refractivity contribution in [3.8, 4) is 5.75 Å². The van der Waals surface area contributed by atoms with E-state index in [1.54, 1.807) is 24.3 Å². The van der Waals surface area contributed by atoms with Crippen molar-refractivity contribution in [1.82, 2.24) is 4.90 Å². The van der Waals surface area contributed by atoms with Crippen LogP contribution in [0.5, 0.6) is 5.75 Å². The van der Waals surface area contributed by atoms with Gasteiger partial charge in [0.25, 0.3) is 5.91 Å². The van der Waals surface area contributed by atoms with E-state index in [0.717, 1.165) is 37.4 Å². The van der Waals surface area contributed by atoms with Crippen molar-refractivity contribution in [3.05, 3.63) is 54.1 Å². The van der Waals surface area contributed by atoms with Crippen LogP contribution in [0.25, 0.3) is 0 Å². The van der Waals surface area contributed by atoms with E-state index in [1.807, 2.05) is 36.1 Å². The number of anilines is 2. The maximum atomic E-state index is 12.5. The van der Waals surface area contributed by atoms with Crippen LogP contribution in [-0.4, -0.2) is 43.0 Å². The van der Waals surface area contributed by atoms with E-state index in [-0.39, 0.29) is 18.4 Å². The quantitative estimate of drug-likeness (QED) is 0.787. The topological polar surface area (TPSA) is 70.7 Å². The highest BCUT2D eigenvalue weighted by molar-refractivity contribution is 5.98. The molecule has 0 aliphatic carbocycles. The van der Waals surface area contributed by atoms with Gasteiger partial charge in [-0.3, -0.25) is 9.59 Å². The number of benzene rings is 2. The van der Waals surface area contributed by atoms with Crippen LogP contribution >= 0.6 is 0 Å². The highest BCUT2D eigenvalue weighted by Gasteiger charge is 2.19. The number of nitrogens with zero attached hydrogens (tertiary/aromatic N) is 1. The molecule has 142 valence electrons. The maximum Gasteiger partial charge on any atom is 0.253 e. The molecule has 1 aliphatic heterocycles. The lowest BCUT2D eigenvalue weighted by Gasteiger charge is -2.16. The molecule has 0 aromatic heterocycles. The average Bonchev–Trinajstić information content (AvgIpc) is 3.22. The molecule has 0 bridgehead atoms. The Bertz CT molecular complexity index is 784. The number of carbonyl (C=O) groups is 2. The van der Waals surface area contributed by atoms with Crippen molar-refractivity contribution in [2.45, 2.75) is 19.8 Å². The normalized spacial score (nSPS) is 13.3. The Hall–Kier alpha value is -3.02. The van der Waals surface area contributed by atoms with Gasteiger partial charge in [-0.2, -0.15) is 0 Å². The smallest absolute Gasteiger partial charge is 0.253 e. The van der Waals surface area contributed by atoms with Crippen molar-refractivity contribution < 1.29 is 14.3 Å². The molecule has 6 heteroatoms. The molecule has 1 fully saturated rings. The molecule has 2 amide bonds. The number of hydrogen-bond acceptors (Lipinski definition) is 4. The first kappa shape index (κ1) is 18.8. The van der Waals surface area contributed by atoms with Gasteiger partial charge in [-0.05, 0) is 62.2 Å². The minimum absolute atomic E-state index is 0.0242. The van der Waals surface area contributed by atoms with Gasteiger partial charge in [0.05, 0.1) is 13.2 Å². The summed E-state index contributed by atoms with van der Waals surface area (Å²) in [6.45, 7) is 4.31. The molecule has 0 spiro atoms. The van der Waals surface area contributed by atoms with Crippen LogP contribution in [0.2, 0.25) is 0 Å². The molecule has 2 N–H and O–H groups in total. The van der Waals surface area contributed by atoms with Crippen LogP contribution in [0, 0.1) is 0 Å². The Balaban J connectivity index is 1.53. The third-order valence-electron chi connectivity index (χ3n) is 4.40. The lowest BCUT2D eigenvalue weighted by molar-refractivity contribution is -0.114. The molecular formula is C21H25N3O3. The van der Waals surface area contributed by atoms with Crippen molar-refractivity contribution >= 4 is 23.2 Å². The van der Waals surface area contributed by atoms with E-state index in [0.29, 0.717) is 17.9 Å². The van der Waals surface area contributed by atoms with Gasteiger partial charge >= 0.3 is 0 Å². The third-order valence-corrected chi connectivity index (χ3v) is 4.40. The van der Waals surface area contributed by atoms with E-state index in [9.17, 15) is 9.59 Å². The van der Waals surface area contributed by atoms with E-state index in [1.165, 1.54) is 0 Å². The van der Waals surface area contributed by atoms with Gasteiger partial charge < -0.3 is 20.3 Å². The standard InChI is InChI=1S/C21H25N3O3/c1-2-27-19-10-8-17(9-11-19)22-15-20(25)23-18-7-5-6-16(14-18)21(26)24-12-3-4-13-24/h5-11,14,22H,2-4,12-13,15H2,1H3,(H,23,25). The summed E-state index contributed by atoms with van der Waals surface area (Å²) in [5.74, 6) is 0.651. The maximum absolute atomic E-state index is 12.5. The summed E-state index contributed by atoms with van der Waals surface area (Å²) in [5.41, 5.74) is 2.07.